The predicted molar refractivity (Wildman–Crippen MR) is 119 cm³/mol. The number of anilines is 1. The molecule has 1 N–H and O–H groups in total. The zero-order valence-corrected chi connectivity index (χ0v) is 18.6. The Kier molecular flexibility index (Phi) is 5.76. The van der Waals surface area contributed by atoms with E-state index in [0.29, 0.717) is 17.3 Å². The van der Waals surface area contributed by atoms with Crippen molar-refractivity contribution in [2.45, 2.75) is 24.3 Å². The summed E-state index contributed by atoms with van der Waals surface area (Å²) in [6, 6.07) is 12.2. The van der Waals surface area contributed by atoms with E-state index in [4.69, 9.17) is 4.74 Å². The van der Waals surface area contributed by atoms with Crippen LogP contribution in [0.15, 0.2) is 51.8 Å². The summed E-state index contributed by atoms with van der Waals surface area (Å²) < 4.78 is 32.2. The third kappa shape index (κ3) is 4.59. The summed E-state index contributed by atoms with van der Waals surface area (Å²) in [6.45, 7) is 2.30. The Balaban J connectivity index is 1.57. The molecule has 0 aromatic heterocycles. The van der Waals surface area contributed by atoms with Crippen LogP contribution in [-0.4, -0.2) is 44.9 Å². The number of amidine groups is 1. The average Bonchev–Trinajstić information content (AvgIpc) is 3.08. The molecule has 0 aliphatic carbocycles. The Morgan fingerprint density at radius 3 is 2.68 bits per heavy atom. The number of hydrogen-bond donors (Lipinski definition) is 1. The number of hydrogen-bond acceptors (Lipinski definition) is 7. The molecule has 1 atom stereocenters. The molecule has 2 aromatic carbocycles. The number of thioether (sulfide) groups is 1. The molecule has 0 saturated carbocycles. The molecule has 1 unspecified atom stereocenters. The molecular weight excluding hydrogens is 438 g/mol. The molecule has 31 heavy (non-hydrogen) atoms. The van der Waals surface area contributed by atoms with E-state index in [1.54, 1.807) is 18.2 Å². The van der Waals surface area contributed by atoms with Gasteiger partial charge in [-0.25, -0.2) is 8.42 Å². The van der Waals surface area contributed by atoms with Crippen LogP contribution >= 0.6 is 11.8 Å². The maximum atomic E-state index is 13.0. The van der Waals surface area contributed by atoms with Crippen LogP contribution < -0.4 is 10.2 Å². The highest BCUT2D eigenvalue weighted by Crippen LogP contribution is 2.42. The van der Waals surface area contributed by atoms with Crippen LogP contribution in [0.1, 0.15) is 33.9 Å². The Morgan fingerprint density at radius 1 is 1.23 bits per heavy atom. The fourth-order valence-corrected chi connectivity index (χ4v) is 5.71. The van der Waals surface area contributed by atoms with Crippen molar-refractivity contribution in [3.8, 4) is 0 Å². The minimum absolute atomic E-state index is 0.00738. The first-order valence-corrected chi connectivity index (χ1v) is 12.0. The lowest BCUT2D eigenvalue weighted by Gasteiger charge is -2.22. The van der Waals surface area contributed by atoms with Gasteiger partial charge in [-0.15, -0.1) is 4.40 Å². The fraction of sp³-hybridized carbons (Fsp3) is 0.286. The molecule has 2 aliphatic rings. The van der Waals surface area contributed by atoms with E-state index < -0.39 is 22.0 Å². The molecule has 0 radical (unpaired) electrons. The molecule has 10 heteroatoms. The SMILES string of the molecule is COC(=O)CC(NC(=O)c1ccc2c(c1)SC1=NS(=O)(=O)CCN12)c1ccc(C)cc1. The number of rotatable bonds is 5. The van der Waals surface area contributed by atoms with Gasteiger partial charge in [0.05, 0.1) is 31.0 Å². The Morgan fingerprint density at radius 2 is 1.97 bits per heavy atom. The fourth-order valence-electron chi connectivity index (χ4n) is 3.41. The summed E-state index contributed by atoms with van der Waals surface area (Å²) in [4.78, 5) is 27.5. The number of sulfonamides is 1. The monoisotopic (exact) mass is 459 g/mol. The van der Waals surface area contributed by atoms with Gasteiger partial charge in [0.2, 0.25) is 0 Å². The van der Waals surface area contributed by atoms with Gasteiger partial charge in [0, 0.05) is 17.0 Å². The minimum Gasteiger partial charge on any atom is -0.469 e. The normalized spacial score (nSPS) is 17.2. The van der Waals surface area contributed by atoms with Crippen molar-refractivity contribution >= 4 is 44.5 Å². The van der Waals surface area contributed by atoms with Crippen molar-refractivity contribution in [3.63, 3.8) is 0 Å². The number of fused-ring (bicyclic) bond motifs is 3. The molecule has 0 fully saturated rings. The Hall–Kier alpha value is -2.85. The molecule has 0 saturated heterocycles. The summed E-state index contributed by atoms with van der Waals surface area (Å²) in [5, 5.41) is 3.32. The van der Waals surface area contributed by atoms with Crippen LogP contribution in [0, 0.1) is 6.92 Å². The molecule has 0 spiro atoms. The highest BCUT2D eigenvalue weighted by molar-refractivity contribution is 8.15. The Labute approximate surface area is 184 Å². The van der Waals surface area contributed by atoms with E-state index in [1.807, 2.05) is 36.1 Å². The molecule has 2 heterocycles. The number of methoxy groups -OCH3 is 1. The number of esters is 1. The maximum absolute atomic E-state index is 13.0. The van der Waals surface area contributed by atoms with Crippen LogP contribution in [0.5, 0.6) is 0 Å². The molecular formula is C21H21N3O5S2. The first-order valence-electron chi connectivity index (χ1n) is 9.62. The van der Waals surface area contributed by atoms with E-state index in [9.17, 15) is 18.0 Å². The largest absolute Gasteiger partial charge is 0.469 e. The van der Waals surface area contributed by atoms with Crippen LogP contribution in [0.4, 0.5) is 5.69 Å². The summed E-state index contributed by atoms with van der Waals surface area (Å²) in [5.74, 6) is -0.798. The number of nitrogens with one attached hydrogen (secondary N) is 1. The number of benzene rings is 2. The summed E-state index contributed by atoms with van der Waals surface area (Å²) in [7, 11) is -2.13. The number of nitrogens with zero attached hydrogens (tertiary/aromatic N) is 2. The van der Waals surface area contributed by atoms with Gasteiger partial charge in [0.1, 0.15) is 0 Å². The van der Waals surface area contributed by atoms with Crippen molar-refractivity contribution in [2.75, 3.05) is 24.3 Å². The van der Waals surface area contributed by atoms with Crippen molar-refractivity contribution < 1.29 is 22.7 Å². The molecule has 0 bridgehead atoms. The first-order chi connectivity index (χ1) is 14.8. The summed E-state index contributed by atoms with van der Waals surface area (Å²) in [6.07, 6.45) is 0.00738. The van der Waals surface area contributed by atoms with E-state index in [-0.39, 0.29) is 18.1 Å². The van der Waals surface area contributed by atoms with E-state index in [2.05, 4.69) is 9.71 Å². The zero-order valence-electron chi connectivity index (χ0n) is 17.0. The van der Waals surface area contributed by atoms with Gasteiger partial charge in [-0.1, -0.05) is 29.8 Å². The molecule has 4 rings (SSSR count). The van der Waals surface area contributed by atoms with Crippen LogP contribution in [0.2, 0.25) is 0 Å². The van der Waals surface area contributed by atoms with Gasteiger partial charge >= 0.3 is 5.97 Å². The van der Waals surface area contributed by atoms with Crippen molar-refractivity contribution in [3.05, 3.63) is 59.2 Å². The van der Waals surface area contributed by atoms with Crippen LogP contribution in [0.3, 0.4) is 0 Å². The third-order valence-electron chi connectivity index (χ3n) is 5.12. The average molecular weight is 460 g/mol. The predicted octanol–water partition coefficient (Wildman–Crippen LogP) is 2.64. The zero-order chi connectivity index (χ0) is 22.2. The van der Waals surface area contributed by atoms with E-state index in [1.165, 1.54) is 18.9 Å². The summed E-state index contributed by atoms with van der Waals surface area (Å²) in [5.41, 5.74) is 3.12. The second kappa shape index (κ2) is 8.35. The van der Waals surface area contributed by atoms with E-state index in [0.717, 1.165) is 21.7 Å². The minimum atomic E-state index is -3.44. The highest BCUT2D eigenvalue weighted by Gasteiger charge is 2.33. The maximum Gasteiger partial charge on any atom is 0.307 e. The van der Waals surface area contributed by atoms with E-state index >= 15 is 0 Å². The van der Waals surface area contributed by atoms with Gasteiger partial charge < -0.3 is 15.0 Å². The van der Waals surface area contributed by atoms with Gasteiger partial charge in [-0.05, 0) is 42.4 Å². The molecule has 1 amide bonds. The number of aryl methyl sites for hydroxylation is 1. The molecule has 2 aromatic rings. The van der Waals surface area contributed by atoms with Crippen molar-refractivity contribution in [1.82, 2.24) is 5.32 Å². The quantitative estimate of drug-likeness (QED) is 0.685. The van der Waals surface area contributed by atoms with Gasteiger partial charge in [-0.3, -0.25) is 9.59 Å². The number of ether oxygens (including phenoxy) is 1. The molecule has 8 nitrogen and oxygen atoms in total. The Bertz CT molecular complexity index is 1180. The second-order valence-corrected chi connectivity index (χ2v) is 10.1. The summed E-state index contributed by atoms with van der Waals surface area (Å²) >= 11 is 1.23. The number of carbonyl (C=O) groups excluding carboxylic acids is 2. The topological polar surface area (TPSA) is 105 Å². The standard InChI is InChI=1S/C21H21N3O5S2/c1-13-3-5-14(6-4-13)16(12-19(25)29-2)22-20(26)15-7-8-17-18(11-15)30-21-23-31(27,28)10-9-24(17)21/h3-8,11,16H,9-10,12H2,1-2H3,(H,22,26). The third-order valence-corrected chi connectivity index (χ3v) is 7.42. The van der Waals surface area contributed by atoms with Gasteiger partial charge in [0.25, 0.3) is 15.9 Å². The molecule has 2 aliphatic heterocycles. The lowest BCUT2D eigenvalue weighted by molar-refractivity contribution is -0.141. The van der Waals surface area contributed by atoms with Gasteiger partial charge in [-0.2, -0.15) is 0 Å². The lowest BCUT2D eigenvalue weighted by Crippen LogP contribution is -2.35. The smallest absolute Gasteiger partial charge is 0.307 e. The lowest BCUT2D eigenvalue weighted by atomic mass is 10.0. The van der Waals surface area contributed by atoms with Crippen molar-refractivity contribution in [1.29, 1.82) is 0 Å². The number of carbonyl (C=O) groups is 2. The number of amides is 1. The second-order valence-electron chi connectivity index (χ2n) is 7.31. The van der Waals surface area contributed by atoms with Crippen LogP contribution in [-0.2, 0) is 19.6 Å². The highest BCUT2D eigenvalue weighted by atomic mass is 32.2. The van der Waals surface area contributed by atoms with Gasteiger partial charge in [0.15, 0.2) is 5.17 Å². The molecule has 162 valence electrons. The van der Waals surface area contributed by atoms with Crippen LogP contribution in [0.25, 0.3) is 0 Å². The first kappa shape index (κ1) is 21.4. The van der Waals surface area contributed by atoms with Crippen molar-refractivity contribution in [2.24, 2.45) is 4.40 Å².